The van der Waals surface area contributed by atoms with Crippen LogP contribution in [0.1, 0.15) is 17.3 Å². The third kappa shape index (κ3) is 2.56. The van der Waals surface area contributed by atoms with E-state index < -0.39 is 23.2 Å². The molecule has 0 aliphatic carbocycles. The summed E-state index contributed by atoms with van der Waals surface area (Å²) in [5, 5.41) is 11.1. The molecule has 5 heteroatoms. The first-order valence-corrected chi connectivity index (χ1v) is 4.57. The van der Waals surface area contributed by atoms with E-state index in [-0.39, 0.29) is 11.7 Å². The smallest absolute Gasteiger partial charge is 0.335 e. The number of nitrogens with one attached hydrogen (secondary N) is 1. The molecule has 0 aromatic heterocycles. The summed E-state index contributed by atoms with van der Waals surface area (Å²) in [7, 11) is 0. The molecule has 1 unspecified atom stereocenters. The van der Waals surface area contributed by atoms with Gasteiger partial charge in [0.15, 0.2) is 0 Å². The number of rotatable bonds is 4. The summed E-state index contributed by atoms with van der Waals surface area (Å²) in [6.07, 6.45) is 1.48. The fourth-order valence-electron chi connectivity index (χ4n) is 1.12. The molecule has 1 aromatic rings. The number of carboxylic acid groups (broad SMARTS) is 1. The van der Waals surface area contributed by atoms with E-state index in [9.17, 15) is 13.6 Å². The molecule has 0 radical (unpaired) electrons. The zero-order valence-electron chi connectivity index (χ0n) is 8.63. The Kier molecular flexibility index (Phi) is 3.60. The summed E-state index contributed by atoms with van der Waals surface area (Å²) in [6, 6.07) is 1.22. The van der Waals surface area contributed by atoms with E-state index in [1.807, 2.05) is 0 Å². The molecular formula is C11H11F2NO2. The number of aromatic carboxylic acids is 1. The summed E-state index contributed by atoms with van der Waals surface area (Å²) >= 11 is 0. The van der Waals surface area contributed by atoms with Gasteiger partial charge in [-0.25, -0.2) is 13.6 Å². The summed E-state index contributed by atoms with van der Waals surface area (Å²) in [4.78, 5) is 10.5. The van der Waals surface area contributed by atoms with E-state index in [2.05, 4.69) is 11.9 Å². The van der Waals surface area contributed by atoms with Crippen molar-refractivity contribution in [2.45, 2.75) is 13.0 Å². The van der Waals surface area contributed by atoms with Crippen LogP contribution in [0.3, 0.4) is 0 Å². The maximum absolute atomic E-state index is 13.4. The Labute approximate surface area is 91.4 Å². The summed E-state index contributed by atoms with van der Waals surface area (Å²) in [5.41, 5.74) is -0.774. The van der Waals surface area contributed by atoms with Crippen LogP contribution in [0.15, 0.2) is 24.8 Å². The first-order chi connectivity index (χ1) is 7.45. The van der Waals surface area contributed by atoms with Crippen molar-refractivity contribution in [2.24, 2.45) is 0 Å². The first-order valence-electron chi connectivity index (χ1n) is 4.57. The van der Waals surface area contributed by atoms with Crippen LogP contribution in [0.5, 0.6) is 0 Å². The van der Waals surface area contributed by atoms with Gasteiger partial charge in [-0.15, -0.1) is 6.58 Å². The molecule has 0 saturated carbocycles. The van der Waals surface area contributed by atoms with Crippen molar-refractivity contribution < 1.29 is 18.7 Å². The number of hydrogen-bond donors (Lipinski definition) is 2. The van der Waals surface area contributed by atoms with Gasteiger partial charge in [0, 0.05) is 6.04 Å². The maximum atomic E-state index is 13.4. The second-order valence-electron chi connectivity index (χ2n) is 3.29. The van der Waals surface area contributed by atoms with Crippen LogP contribution in [-0.2, 0) is 0 Å². The average molecular weight is 227 g/mol. The Morgan fingerprint density at radius 2 is 2.00 bits per heavy atom. The van der Waals surface area contributed by atoms with Gasteiger partial charge in [0.2, 0.25) is 0 Å². The quantitative estimate of drug-likeness (QED) is 0.777. The van der Waals surface area contributed by atoms with Gasteiger partial charge in [0.05, 0.1) is 5.56 Å². The van der Waals surface area contributed by atoms with Crippen molar-refractivity contribution in [3.8, 4) is 0 Å². The van der Waals surface area contributed by atoms with Gasteiger partial charge in [0.1, 0.15) is 17.3 Å². The van der Waals surface area contributed by atoms with Crippen LogP contribution in [0.25, 0.3) is 0 Å². The monoisotopic (exact) mass is 227 g/mol. The van der Waals surface area contributed by atoms with Crippen LogP contribution in [0, 0.1) is 11.6 Å². The third-order valence-corrected chi connectivity index (χ3v) is 2.01. The Balaban J connectivity index is 3.12. The third-order valence-electron chi connectivity index (χ3n) is 2.01. The van der Waals surface area contributed by atoms with E-state index in [0.29, 0.717) is 0 Å². The molecule has 0 fully saturated rings. The van der Waals surface area contributed by atoms with Crippen LogP contribution in [-0.4, -0.2) is 17.1 Å². The predicted octanol–water partition coefficient (Wildman–Crippen LogP) is 2.65. The molecule has 0 aliphatic heterocycles. The van der Waals surface area contributed by atoms with E-state index >= 15 is 0 Å². The van der Waals surface area contributed by atoms with E-state index in [1.54, 1.807) is 6.92 Å². The van der Waals surface area contributed by atoms with Crippen molar-refractivity contribution in [1.29, 1.82) is 0 Å². The normalized spacial score (nSPS) is 11.9. The molecule has 86 valence electrons. The molecule has 0 amide bonds. The van der Waals surface area contributed by atoms with Gasteiger partial charge in [-0.3, -0.25) is 0 Å². The Bertz CT molecular complexity index is 409. The SMILES string of the molecule is C=CC(C)Nc1c(F)cc(C(=O)O)cc1F. The molecule has 0 heterocycles. The molecule has 1 atom stereocenters. The van der Waals surface area contributed by atoms with Gasteiger partial charge in [-0.05, 0) is 19.1 Å². The molecule has 0 spiro atoms. The number of benzene rings is 1. The van der Waals surface area contributed by atoms with Crippen molar-refractivity contribution in [2.75, 3.05) is 5.32 Å². The highest BCUT2D eigenvalue weighted by Gasteiger charge is 2.15. The number of halogens is 2. The number of hydrogen-bond acceptors (Lipinski definition) is 2. The minimum Gasteiger partial charge on any atom is -0.478 e. The average Bonchev–Trinajstić information content (AvgIpc) is 2.22. The van der Waals surface area contributed by atoms with E-state index in [4.69, 9.17) is 5.11 Å². The molecule has 0 aliphatic rings. The fraction of sp³-hybridized carbons (Fsp3) is 0.182. The molecule has 0 bridgehead atoms. The molecule has 1 aromatic carbocycles. The van der Waals surface area contributed by atoms with E-state index in [1.165, 1.54) is 6.08 Å². The van der Waals surface area contributed by atoms with Gasteiger partial charge in [0.25, 0.3) is 0 Å². The highest BCUT2D eigenvalue weighted by molar-refractivity contribution is 5.88. The second kappa shape index (κ2) is 4.74. The van der Waals surface area contributed by atoms with Gasteiger partial charge in [-0.1, -0.05) is 6.08 Å². The minimum absolute atomic E-state index is 0.320. The molecular weight excluding hydrogens is 216 g/mol. The van der Waals surface area contributed by atoms with Crippen molar-refractivity contribution in [3.63, 3.8) is 0 Å². The van der Waals surface area contributed by atoms with Crippen molar-refractivity contribution >= 4 is 11.7 Å². The van der Waals surface area contributed by atoms with Crippen LogP contribution < -0.4 is 5.32 Å². The Hall–Kier alpha value is -1.91. The van der Waals surface area contributed by atoms with Gasteiger partial charge >= 0.3 is 5.97 Å². The second-order valence-corrected chi connectivity index (χ2v) is 3.29. The summed E-state index contributed by atoms with van der Waals surface area (Å²) in [5.74, 6) is -3.25. The first kappa shape index (κ1) is 12.2. The van der Waals surface area contributed by atoms with Crippen molar-refractivity contribution in [1.82, 2.24) is 0 Å². The molecule has 3 nitrogen and oxygen atoms in total. The fourth-order valence-corrected chi connectivity index (χ4v) is 1.12. The van der Waals surface area contributed by atoms with Gasteiger partial charge < -0.3 is 10.4 Å². The number of anilines is 1. The topological polar surface area (TPSA) is 49.3 Å². The molecule has 0 saturated heterocycles. The Morgan fingerprint density at radius 1 is 1.50 bits per heavy atom. The zero-order chi connectivity index (χ0) is 12.3. The molecule has 2 N–H and O–H groups in total. The van der Waals surface area contributed by atoms with Crippen molar-refractivity contribution in [3.05, 3.63) is 42.0 Å². The van der Waals surface area contributed by atoms with Crippen LogP contribution in [0.4, 0.5) is 14.5 Å². The standard InChI is InChI=1S/C11H11F2NO2/c1-3-6(2)14-10-8(12)4-7(11(15)16)5-9(10)13/h3-6,14H,1H2,2H3,(H,15,16). The maximum Gasteiger partial charge on any atom is 0.335 e. The van der Waals surface area contributed by atoms with Gasteiger partial charge in [-0.2, -0.15) is 0 Å². The number of carbonyl (C=O) groups is 1. The number of carboxylic acids is 1. The summed E-state index contributed by atoms with van der Waals surface area (Å²) in [6.45, 7) is 5.12. The minimum atomic E-state index is -1.37. The lowest BCUT2D eigenvalue weighted by atomic mass is 10.1. The van der Waals surface area contributed by atoms with Crippen LogP contribution in [0.2, 0.25) is 0 Å². The largest absolute Gasteiger partial charge is 0.478 e. The highest BCUT2D eigenvalue weighted by atomic mass is 19.1. The Morgan fingerprint density at radius 3 is 2.38 bits per heavy atom. The van der Waals surface area contributed by atoms with E-state index in [0.717, 1.165) is 12.1 Å². The van der Waals surface area contributed by atoms with Crippen LogP contribution >= 0.6 is 0 Å². The zero-order valence-corrected chi connectivity index (χ0v) is 8.63. The predicted molar refractivity (Wildman–Crippen MR) is 56.6 cm³/mol. The summed E-state index contributed by atoms with van der Waals surface area (Å²) < 4.78 is 26.7. The lowest BCUT2D eigenvalue weighted by Crippen LogP contribution is -2.14. The highest BCUT2D eigenvalue weighted by Crippen LogP contribution is 2.21. The lowest BCUT2D eigenvalue weighted by Gasteiger charge is -2.13. The molecule has 16 heavy (non-hydrogen) atoms. The lowest BCUT2D eigenvalue weighted by molar-refractivity contribution is 0.0696. The molecule has 1 rings (SSSR count).